The predicted octanol–water partition coefficient (Wildman–Crippen LogP) is 1.77. The van der Waals surface area contributed by atoms with Crippen molar-refractivity contribution in [2.75, 3.05) is 13.6 Å². The molecule has 1 amide bonds. The van der Waals surface area contributed by atoms with Gasteiger partial charge in [0.1, 0.15) is 5.76 Å². The first-order valence-electron chi connectivity index (χ1n) is 8.05. The molecule has 25 heavy (non-hydrogen) atoms. The number of guanidine groups is 1. The van der Waals surface area contributed by atoms with E-state index in [-0.39, 0.29) is 5.76 Å². The summed E-state index contributed by atoms with van der Waals surface area (Å²) >= 11 is 0. The van der Waals surface area contributed by atoms with Crippen LogP contribution in [0.25, 0.3) is 10.9 Å². The zero-order chi connectivity index (χ0) is 17.6. The Hall–Kier alpha value is -3.22. The van der Waals surface area contributed by atoms with E-state index in [1.807, 2.05) is 18.3 Å². The number of nitrogens with two attached hydrogens (primary N) is 1. The molecule has 5 N–H and O–H groups in total. The van der Waals surface area contributed by atoms with Crippen molar-refractivity contribution < 1.29 is 9.21 Å². The molecule has 0 bridgehead atoms. The number of primary amides is 1. The number of hydrogen-bond donors (Lipinski definition) is 4. The molecule has 2 aromatic heterocycles. The van der Waals surface area contributed by atoms with Gasteiger partial charge in [-0.15, -0.1) is 0 Å². The van der Waals surface area contributed by atoms with Crippen LogP contribution in [-0.4, -0.2) is 30.4 Å². The first-order valence-corrected chi connectivity index (χ1v) is 8.05. The minimum absolute atomic E-state index is 0.152. The van der Waals surface area contributed by atoms with E-state index in [9.17, 15) is 4.79 Å². The SMILES string of the molecule is CN=C(NCCc1c[nH]c2ccccc12)NCc1ccc(C(N)=O)o1. The van der Waals surface area contributed by atoms with E-state index in [2.05, 4.69) is 32.7 Å². The highest BCUT2D eigenvalue weighted by atomic mass is 16.3. The third-order valence-corrected chi connectivity index (χ3v) is 3.92. The zero-order valence-corrected chi connectivity index (χ0v) is 14.0. The van der Waals surface area contributed by atoms with E-state index in [1.54, 1.807) is 19.2 Å². The average molecular weight is 339 g/mol. The fraction of sp³-hybridized carbons (Fsp3) is 0.222. The van der Waals surface area contributed by atoms with Gasteiger partial charge in [-0.25, -0.2) is 0 Å². The quantitative estimate of drug-likeness (QED) is 0.405. The zero-order valence-electron chi connectivity index (χ0n) is 14.0. The van der Waals surface area contributed by atoms with Gasteiger partial charge in [-0.2, -0.15) is 0 Å². The van der Waals surface area contributed by atoms with Crippen LogP contribution in [0.1, 0.15) is 21.9 Å². The third-order valence-electron chi connectivity index (χ3n) is 3.92. The maximum absolute atomic E-state index is 11.0. The van der Waals surface area contributed by atoms with Gasteiger partial charge in [0.2, 0.25) is 0 Å². The van der Waals surface area contributed by atoms with E-state index >= 15 is 0 Å². The van der Waals surface area contributed by atoms with Crippen molar-refractivity contribution >= 4 is 22.8 Å². The molecular weight excluding hydrogens is 318 g/mol. The highest BCUT2D eigenvalue weighted by molar-refractivity contribution is 5.89. The molecule has 0 saturated carbocycles. The Morgan fingerprint density at radius 3 is 2.84 bits per heavy atom. The predicted molar refractivity (Wildman–Crippen MR) is 97.4 cm³/mol. The lowest BCUT2D eigenvalue weighted by atomic mass is 10.1. The summed E-state index contributed by atoms with van der Waals surface area (Å²) < 4.78 is 5.33. The molecule has 130 valence electrons. The lowest BCUT2D eigenvalue weighted by Gasteiger charge is -2.10. The van der Waals surface area contributed by atoms with Crippen molar-refractivity contribution in [2.45, 2.75) is 13.0 Å². The number of aliphatic imine (C=N–C) groups is 1. The smallest absolute Gasteiger partial charge is 0.284 e. The number of para-hydroxylation sites is 1. The average Bonchev–Trinajstić information content (AvgIpc) is 3.25. The minimum Gasteiger partial charge on any atom is -0.454 e. The topological polar surface area (TPSA) is 108 Å². The van der Waals surface area contributed by atoms with Crippen LogP contribution in [0.15, 0.2) is 52.0 Å². The monoisotopic (exact) mass is 339 g/mol. The van der Waals surface area contributed by atoms with Crippen molar-refractivity contribution in [3.8, 4) is 0 Å². The summed E-state index contributed by atoms with van der Waals surface area (Å²) in [6, 6.07) is 11.5. The molecule has 7 nitrogen and oxygen atoms in total. The van der Waals surface area contributed by atoms with Gasteiger partial charge in [0, 0.05) is 30.7 Å². The van der Waals surface area contributed by atoms with Gasteiger partial charge in [0.15, 0.2) is 11.7 Å². The van der Waals surface area contributed by atoms with Gasteiger partial charge >= 0.3 is 0 Å². The van der Waals surface area contributed by atoms with E-state index in [0.717, 1.165) is 18.5 Å². The Morgan fingerprint density at radius 1 is 1.24 bits per heavy atom. The normalized spacial score (nSPS) is 11.6. The Labute approximate surface area is 145 Å². The lowest BCUT2D eigenvalue weighted by Crippen LogP contribution is -2.37. The molecule has 0 unspecified atom stereocenters. The Balaban J connectivity index is 1.50. The van der Waals surface area contributed by atoms with Crippen LogP contribution in [0.4, 0.5) is 0 Å². The van der Waals surface area contributed by atoms with E-state index < -0.39 is 5.91 Å². The summed E-state index contributed by atoms with van der Waals surface area (Å²) in [5, 5.41) is 7.64. The summed E-state index contributed by atoms with van der Waals surface area (Å²) in [6.07, 6.45) is 2.91. The number of rotatable bonds is 6. The molecule has 1 aromatic carbocycles. The molecule has 0 aliphatic heterocycles. The van der Waals surface area contributed by atoms with Crippen LogP contribution in [0.2, 0.25) is 0 Å². The molecule has 0 aliphatic carbocycles. The number of H-pyrrole nitrogens is 1. The van der Waals surface area contributed by atoms with Crippen LogP contribution in [-0.2, 0) is 13.0 Å². The number of nitrogens with zero attached hydrogens (tertiary/aromatic N) is 1. The number of hydrogen-bond acceptors (Lipinski definition) is 3. The highest BCUT2D eigenvalue weighted by Gasteiger charge is 2.08. The summed E-state index contributed by atoms with van der Waals surface area (Å²) in [4.78, 5) is 18.5. The molecule has 2 heterocycles. The number of benzene rings is 1. The van der Waals surface area contributed by atoms with Gasteiger partial charge in [-0.05, 0) is 30.2 Å². The van der Waals surface area contributed by atoms with Crippen LogP contribution >= 0.6 is 0 Å². The van der Waals surface area contributed by atoms with E-state index in [1.165, 1.54) is 10.9 Å². The van der Waals surface area contributed by atoms with Crippen LogP contribution in [0.3, 0.4) is 0 Å². The molecule has 3 aromatic rings. The number of carbonyl (C=O) groups excluding carboxylic acids is 1. The number of aromatic nitrogens is 1. The fourth-order valence-corrected chi connectivity index (χ4v) is 2.65. The van der Waals surface area contributed by atoms with E-state index in [4.69, 9.17) is 10.2 Å². The largest absolute Gasteiger partial charge is 0.454 e. The molecule has 0 spiro atoms. The maximum Gasteiger partial charge on any atom is 0.284 e. The van der Waals surface area contributed by atoms with Crippen molar-refractivity contribution in [3.05, 3.63) is 59.7 Å². The molecule has 0 aliphatic rings. The molecule has 0 atom stereocenters. The first-order chi connectivity index (χ1) is 12.2. The Kier molecular flexibility index (Phi) is 5.03. The van der Waals surface area contributed by atoms with Crippen molar-refractivity contribution in [2.24, 2.45) is 10.7 Å². The second-order valence-corrected chi connectivity index (χ2v) is 5.59. The lowest BCUT2D eigenvalue weighted by molar-refractivity contribution is 0.0972. The van der Waals surface area contributed by atoms with Gasteiger partial charge in [-0.3, -0.25) is 9.79 Å². The first kappa shape index (κ1) is 16.6. The molecular formula is C18H21N5O2. The number of fused-ring (bicyclic) bond motifs is 1. The summed E-state index contributed by atoms with van der Waals surface area (Å²) in [7, 11) is 1.71. The molecule has 0 saturated heterocycles. The summed E-state index contributed by atoms with van der Waals surface area (Å²) in [6.45, 7) is 1.16. The van der Waals surface area contributed by atoms with Gasteiger partial charge < -0.3 is 25.8 Å². The van der Waals surface area contributed by atoms with Crippen LogP contribution < -0.4 is 16.4 Å². The van der Waals surface area contributed by atoms with Crippen molar-refractivity contribution in [1.82, 2.24) is 15.6 Å². The highest BCUT2D eigenvalue weighted by Crippen LogP contribution is 2.17. The Morgan fingerprint density at radius 2 is 2.08 bits per heavy atom. The number of furan rings is 1. The van der Waals surface area contributed by atoms with Crippen LogP contribution in [0.5, 0.6) is 0 Å². The van der Waals surface area contributed by atoms with Crippen LogP contribution in [0, 0.1) is 0 Å². The maximum atomic E-state index is 11.0. The molecule has 3 rings (SSSR count). The van der Waals surface area contributed by atoms with Gasteiger partial charge in [-0.1, -0.05) is 18.2 Å². The molecule has 0 fully saturated rings. The molecule has 7 heteroatoms. The molecule has 0 radical (unpaired) electrons. The number of amides is 1. The second-order valence-electron chi connectivity index (χ2n) is 5.59. The third kappa shape index (κ3) is 4.00. The summed E-state index contributed by atoms with van der Waals surface area (Å²) in [5.74, 6) is 0.858. The minimum atomic E-state index is -0.576. The van der Waals surface area contributed by atoms with Gasteiger partial charge in [0.05, 0.1) is 6.54 Å². The van der Waals surface area contributed by atoms with Gasteiger partial charge in [0.25, 0.3) is 5.91 Å². The number of aromatic amines is 1. The Bertz CT molecular complexity index is 894. The standard InChI is InChI=1S/C18H21N5O2/c1-20-18(23-11-13-6-7-16(25-13)17(19)24)21-9-8-12-10-22-15-5-3-2-4-14(12)15/h2-7,10,22H,8-9,11H2,1H3,(H2,19,24)(H2,20,21,23). The number of nitrogens with one attached hydrogen (secondary N) is 3. The second kappa shape index (κ2) is 7.57. The van der Waals surface area contributed by atoms with Crippen molar-refractivity contribution in [1.29, 1.82) is 0 Å². The number of carbonyl (C=O) groups is 1. The van der Waals surface area contributed by atoms with E-state index in [0.29, 0.717) is 18.3 Å². The fourth-order valence-electron chi connectivity index (χ4n) is 2.65. The summed E-state index contributed by atoms with van der Waals surface area (Å²) in [5.41, 5.74) is 7.57. The van der Waals surface area contributed by atoms with Crippen molar-refractivity contribution in [3.63, 3.8) is 0 Å².